The van der Waals surface area contributed by atoms with E-state index >= 15 is 0 Å². The van der Waals surface area contributed by atoms with Gasteiger partial charge in [0, 0.05) is 19.5 Å². The second-order valence-corrected chi connectivity index (χ2v) is 6.38. The van der Waals surface area contributed by atoms with Gasteiger partial charge in [-0.05, 0) is 37.0 Å². The fourth-order valence-corrected chi connectivity index (χ4v) is 3.10. The van der Waals surface area contributed by atoms with Gasteiger partial charge in [-0.25, -0.2) is 4.79 Å². The van der Waals surface area contributed by atoms with Crippen molar-refractivity contribution >= 4 is 23.7 Å². The van der Waals surface area contributed by atoms with E-state index in [1.54, 1.807) is 29.2 Å². The van der Waals surface area contributed by atoms with Gasteiger partial charge in [0.15, 0.2) is 6.61 Å². The Morgan fingerprint density at radius 1 is 1.12 bits per heavy atom. The van der Waals surface area contributed by atoms with Crippen LogP contribution in [-0.4, -0.2) is 48.3 Å². The lowest BCUT2D eigenvalue weighted by atomic mass is 9.97. The summed E-state index contributed by atoms with van der Waals surface area (Å²) in [5.74, 6) is -1.58. The van der Waals surface area contributed by atoms with Gasteiger partial charge in [0.25, 0.3) is 5.91 Å². The highest BCUT2D eigenvalue weighted by atomic mass is 16.5. The van der Waals surface area contributed by atoms with Crippen LogP contribution in [0.15, 0.2) is 24.3 Å². The molecule has 0 saturated carbocycles. The fraction of sp³-hybridized carbons (Fsp3) is 0.444. The van der Waals surface area contributed by atoms with Gasteiger partial charge in [-0.15, -0.1) is 0 Å². The number of nitrogens with one attached hydrogen (secondary N) is 1. The van der Waals surface area contributed by atoms with Crippen LogP contribution in [0.3, 0.4) is 0 Å². The Balaban J connectivity index is 1.51. The summed E-state index contributed by atoms with van der Waals surface area (Å²) in [6.07, 6.45) is 2.62. The molecule has 7 nitrogen and oxygen atoms in total. The van der Waals surface area contributed by atoms with Crippen LogP contribution in [0.25, 0.3) is 0 Å². The van der Waals surface area contributed by atoms with Crippen molar-refractivity contribution in [3.8, 4) is 0 Å². The molecule has 3 rings (SSSR count). The predicted octanol–water partition coefficient (Wildman–Crippen LogP) is 0.671. The maximum absolute atomic E-state index is 12.0. The minimum Gasteiger partial charge on any atom is -0.452 e. The summed E-state index contributed by atoms with van der Waals surface area (Å²) in [7, 11) is 0. The SMILES string of the molecule is O=C1CC(Cc2ccc(C(=O)OCC(=O)N3CCCC3)cc2)C(=O)N1. The van der Waals surface area contributed by atoms with Crippen molar-refractivity contribution in [2.75, 3.05) is 19.7 Å². The third-order valence-electron chi connectivity index (χ3n) is 4.52. The molecular formula is C18H20N2O5. The minimum atomic E-state index is -0.548. The average Bonchev–Trinajstić information content (AvgIpc) is 3.23. The number of hydrogen-bond acceptors (Lipinski definition) is 5. The molecule has 2 aliphatic rings. The maximum Gasteiger partial charge on any atom is 0.338 e. The molecule has 1 atom stereocenters. The van der Waals surface area contributed by atoms with Gasteiger partial charge in [-0.2, -0.15) is 0 Å². The Morgan fingerprint density at radius 2 is 1.80 bits per heavy atom. The van der Waals surface area contributed by atoms with Crippen LogP contribution in [0.4, 0.5) is 0 Å². The van der Waals surface area contributed by atoms with E-state index in [1.165, 1.54) is 0 Å². The Morgan fingerprint density at radius 3 is 2.40 bits per heavy atom. The number of rotatable bonds is 5. The smallest absolute Gasteiger partial charge is 0.338 e. The number of hydrogen-bond donors (Lipinski definition) is 1. The van der Waals surface area contributed by atoms with Crippen molar-refractivity contribution < 1.29 is 23.9 Å². The van der Waals surface area contributed by atoms with Crippen molar-refractivity contribution in [3.05, 3.63) is 35.4 Å². The molecule has 0 radical (unpaired) electrons. The minimum absolute atomic E-state index is 0.167. The zero-order valence-electron chi connectivity index (χ0n) is 13.8. The average molecular weight is 344 g/mol. The normalized spacial score (nSPS) is 19.8. The monoisotopic (exact) mass is 344 g/mol. The highest BCUT2D eigenvalue weighted by Crippen LogP contribution is 2.18. The van der Waals surface area contributed by atoms with Crippen LogP contribution in [0.5, 0.6) is 0 Å². The van der Waals surface area contributed by atoms with Crippen LogP contribution in [0.1, 0.15) is 35.2 Å². The van der Waals surface area contributed by atoms with E-state index in [0.717, 1.165) is 31.5 Å². The summed E-state index contributed by atoms with van der Waals surface area (Å²) in [5.41, 5.74) is 1.21. The number of nitrogens with zero attached hydrogens (tertiary/aromatic N) is 1. The molecule has 3 amide bonds. The molecule has 7 heteroatoms. The first-order valence-electron chi connectivity index (χ1n) is 8.40. The first kappa shape index (κ1) is 17.1. The second-order valence-electron chi connectivity index (χ2n) is 6.38. The summed E-state index contributed by atoms with van der Waals surface area (Å²) in [6.45, 7) is 1.20. The highest BCUT2D eigenvalue weighted by Gasteiger charge is 2.30. The number of imide groups is 1. The van der Waals surface area contributed by atoms with Crippen LogP contribution >= 0.6 is 0 Å². The standard InChI is InChI=1S/C18H20N2O5/c21-15-10-14(17(23)19-15)9-12-3-5-13(6-4-12)18(24)25-11-16(22)20-7-1-2-8-20/h3-6,14H,1-2,7-11H2,(H,19,21,23). The molecule has 132 valence electrons. The number of esters is 1. The zero-order chi connectivity index (χ0) is 17.8. The van der Waals surface area contributed by atoms with Crippen molar-refractivity contribution in [2.45, 2.75) is 25.7 Å². The van der Waals surface area contributed by atoms with E-state index in [1.807, 2.05) is 0 Å². The third-order valence-corrected chi connectivity index (χ3v) is 4.52. The summed E-state index contributed by atoms with van der Waals surface area (Å²) >= 11 is 0. The number of ether oxygens (including phenoxy) is 1. The Labute approximate surface area is 145 Å². The lowest BCUT2D eigenvalue weighted by Gasteiger charge is -2.15. The fourth-order valence-electron chi connectivity index (χ4n) is 3.10. The van der Waals surface area contributed by atoms with Gasteiger partial charge in [-0.1, -0.05) is 12.1 Å². The Kier molecular flexibility index (Phi) is 5.11. The number of carbonyl (C=O) groups is 4. The number of likely N-dealkylation sites (tertiary alicyclic amines) is 1. The molecule has 1 N–H and O–H groups in total. The Bertz CT molecular complexity index is 692. The summed E-state index contributed by atoms with van der Waals surface area (Å²) in [6, 6.07) is 6.67. The third kappa shape index (κ3) is 4.23. The van der Waals surface area contributed by atoms with E-state index < -0.39 is 5.97 Å². The molecule has 1 aromatic carbocycles. The van der Waals surface area contributed by atoms with E-state index in [-0.39, 0.29) is 36.7 Å². The molecule has 1 unspecified atom stereocenters. The van der Waals surface area contributed by atoms with E-state index in [4.69, 9.17) is 4.74 Å². The molecule has 0 bridgehead atoms. The first-order chi connectivity index (χ1) is 12.0. The topological polar surface area (TPSA) is 92.8 Å². The lowest BCUT2D eigenvalue weighted by Crippen LogP contribution is -2.32. The van der Waals surface area contributed by atoms with E-state index in [2.05, 4.69) is 5.32 Å². The number of benzene rings is 1. The lowest BCUT2D eigenvalue weighted by molar-refractivity contribution is -0.133. The van der Waals surface area contributed by atoms with Crippen LogP contribution in [-0.2, 0) is 25.5 Å². The summed E-state index contributed by atoms with van der Waals surface area (Å²) in [4.78, 5) is 48.4. The maximum atomic E-state index is 12.0. The summed E-state index contributed by atoms with van der Waals surface area (Å²) in [5, 5.41) is 2.28. The molecule has 1 aromatic rings. The quantitative estimate of drug-likeness (QED) is 0.626. The first-order valence-corrected chi connectivity index (χ1v) is 8.40. The molecular weight excluding hydrogens is 324 g/mol. The predicted molar refractivity (Wildman–Crippen MR) is 87.5 cm³/mol. The van der Waals surface area contributed by atoms with Crippen LogP contribution in [0, 0.1) is 5.92 Å². The molecule has 0 aromatic heterocycles. The Hall–Kier alpha value is -2.70. The van der Waals surface area contributed by atoms with Crippen LogP contribution in [0.2, 0.25) is 0 Å². The van der Waals surface area contributed by atoms with Gasteiger partial charge < -0.3 is 9.64 Å². The van der Waals surface area contributed by atoms with Gasteiger partial charge in [-0.3, -0.25) is 19.7 Å². The molecule has 0 aliphatic carbocycles. The molecule has 2 aliphatic heterocycles. The molecule has 0 spiro atoms. The van der Waals surface area contributed by atoms with E-state index in [0.29, 0.717) is 12.0 Å². The largest absolute Gasteiger partial charge is 0.452 e. The van der Waals surface area contributed by atoms with Crippen molar-refractivity contribution in [1.82, 2.24) is 10.2 Å². The number of amides is 3. The van der Waals surface area contributed by atoms with E-state index in [9.17, 15) is 19.2 Å². The van der Waals surface area contributed by atoms with Gasteiger partial charge in [0.1, 0.15) is 0 Å². The van der Waals surface area contributed by atoms with Crippen molar-refractivity contribution in [1.29, 1.82) is 0 Å². The van der Waals surface area contributed by atoms with Crippen molar-refractivity contribution in [3.63, 3.8) is 0 Å². The molecule has 2 saturated heterocycles. The van der Waals surface area contributed by atoms with Gasteiger partial charge in [0.2, 0.25) is 11.8 Å². The zero-order valence-corrected chi connectivity index (χ0v) is 13.8. The molecule has 2 fully saturated rings. The second kappa shape index (κ2) is 7.46. The van der Waals surface area contributed by atoms with Gasteiger partial charge >= 0.3 is 5.97 Å². The van der Waals surface area contributed by atoms with Crippen molar-refractivity contribution in [2.24, 2.45) is 5.92 Å². The number of carbonyl (C=O) groups excluding carboxylic acids is 4. The molecule has 25 heavy (non-hydrogen) atoms. The molecule has 2 heterocycles. The van der Waals surface area contributed by atoms with Crippen LogP contribution < -0.4 is 5.32 Å². The van der Waals surface area contributed by atoms with Gasteiger partial charge in [0.05, 0.1) is 11.5 Å². The highest BCUT2D eigenvalue weighted by molar-refractivity contribution is 6.03. The summed E-state index contributed by atoms with van der Waals surface area (Å²) < 4.78 is 5.07.